The molecule has 0 aliphatic carbocycles. The van der Waals surface area contributed by atoms with Crippen LogP contribution >= 0.6 is 0 Å². The van der Waals surface area contributed by atoms with Crippen molar-refractivity contribution in [3.05, 3.63) is 36.4 Å². The van der Waals surface area contributed by atoms with Gasteiger partial charge in [-0.15, -0.1) is 6.58 Å². The fourth-order valence-electron chi connectivity index (χ4n) is 1.85. The lowest BCUT2D eigenvalue weighted by Crippen LogP contribution is -2.21. The van der Waals surface area contributed by atoms with Crippen molar-refractivity contribution in [2.75, 3.05) is 7.11 Å². The van der Waals surface area contributed by atoms with Gasteiger partial charge in [0.2, 0.25) is 0 Å². The Morgan fingerprint density at radius 2 is 2.15 bits per heavy atom. The number of carboxylic acids is 1. The number of hydrogen-bond acceptors (Lipinski definition) is 3. The molecule has 4 nitrogen and oxygen atoms in total. The van der Waals surface area contributed by atoms with E-state index in [4.69, 9.17) is 14.6 Å². The van der Waals surface area contributed by atoms with Crippen molar-refractivity contribution in [1.82, 2.24) is 0 Å². The molecule has 0 spiro atoms. The fourth-order valence-corrected chi connectivity index (χ4v) is 1.85. The minimum atomic E-state index is -0.883. The molecule has 2 unspecified atom stereocenters. The van der Waals surface area contributed by atoms with Crippen LogP contribution in [-0.2, 0) is 11.2 Å². The average Bonchev–Trinajstić information content (AvgIpc) is 2.40. The zero-order chi connectivity index (χ0) is 15.1. The van der Waals surface area contributed by atoms with E-state index in [9.17, 15) is 4.79 Å². The van der Waals surface area contributed by atoms with Crippen LogP contribution in [0, 0.1) is 5.92 Å². The van der Waals surface area contributed by atoms with Gasteiger partial charge < -0.3 is 14.6 Å². The molecular weight excluding hydrogens is 256 g/mol. The fraction of sp³-hybridized carbons (Fsp3) is 0.438. The maximum absolute atomic E-state index is 10.9. The minimum Gasteiger partial charge on any atom is -0.497 e. The quantitative estimate of drug-likeness (QED) is 0.741. The summed E-state index contributed by atoms with van der Waals surface area (Å²) < 4.78 is 11.1. The second-order valence-corrected chi connectivity index (χ2v) is 4.87. The van der Waals surface area contributed by atoms with E-state index in [-0.39, 0.29) is 12.5 Å². The second-order valence-electron chi connectivity index (χ2n) is 4.87. The van der Waals surface area contributed by atoms with Crippen LogP contribution in [0.4, 0.5) is 0 Å². The normalized spacial score (nSPS) is 13.3. The van der Waals surface area contributed by atoms with Crippen LogP contribution < -0.4 is 9.47 Å². The molecule has 0 saturated heterocycles. The number of carboxylic acid groups (broad SMARTS) is 1. The molecule has 0 radical (unpaired) electrons. The third-order valence-corrected chi connectivity index (χ3v) is 3.27. The van der Waals surface area contributed by atoms with E-state index in [1.54, 1.807) is 25.3 Å². The first-order valence-corrected chi connectivity index (χ1v) is 6.64. The van der Waals surface area contributed by atoms with Crippen LogP contribution in [0.3, 0.4) is 0 Å². The third-order valence-electron chi connectivity index (χ3n) is 3.27. The standard InChI is InChI=1S/C16H22O4/c1-5-6-11(2)12(3)20-15-10-14(19-4)8-7-13(15)9-16(17)18/h5,7-8,10-12H,1,6,9H2,2-4H3,(H,17,18). The van der Waals surface area contributed by atoms with Gasteiger partial charge in [0.05, 0.1) is 19.6 Å². The van der Waals surface area contributed by atoms with E-state index in [1.165, 1.54) is 0 Å². The van der Waals surface area contributed by atoms with Gasteiger partial charge in [-0.2, -0.15) is 0 Å². The summed E-state index contributed by atoms with van der Waals surface area (Å²) in [5.41, 5.74) is 0.649. The van der Waals surface area contributed by atoms with E-state index in [2.05, 4.69) is 13.5 Å². The molecule has 0 aliphatic rings. The van der Waals surface area contributed by atoms with Gasteiger partial charge in [0.15, 0.2) is 0 Å². The highest BCUT2D eigenvalue weighted by Crippen LogP contribution is 2.28. The lowest BCUT2D eigenvalue weighted by Gasteiger charge is -2.22. The summed E-state index contributed by atoms with van der Waals surface area (Å²) in [6, 6.07) is 5.20. The Balaban J connectivity index is 2.94. The van der Waals surface area contributed by atoms with Gasteiger partial charge in [-0.25, -0.2) is 0 Å². The van der Waals surface area contributed by atoms with Crippen LogP contribution in [0.5, 0.6) is 11.5 Å². The topological polar surface area (TPSA) is 55.8 Å². The minimum absolute atomic E-state index is 0.0346. The summed E-state index contributed by atoms with van der Waals surface area (Å²) in [7, 11) is 1.57. The van der Waals surface area contributed by atoms with E-state index in [0.29, 0.717) is 23.0 Å². The van der Waals surface area contributed by atoms with Gasteiger partial charge in [-0.3, -0.25) is 4.79 Å². The summed E-state index contributed by atoms with van der Waals surface area (Å²) in [6.07, 6.45) is 2.60. The van der Waals surface area contributed by atoms with Crippen LogP contribution in [0.1, 0.15) is 25.8 Å². The Morgan fingerprint density at radius 3 is 2.70 bits per heavy atom. The van der Waals surface area contributed by atoms with Crippen molar-refractivity contribution in [3.63, 3.8) is 0 Å². The highest BCUT2D eigenvalue weighted by molar-refractivity contribution is 5.71. The van der Waals surface area contributed by atoms with Crippen LogP contribution in [0.15, 0.2) is 30.9 Å². The highest BCUT2D eigenvalue weighted by Gasteiger charge is 2.16. The average molecular weight is 278 g/mol. The SMILES string of the molecule is C=CCC(C)C(C)Oc1cc(OC)ccc1CC(=O)O. The van der Waals surface area contributed by atoms with Gasteiger partial charge in [-0.1, -0.05) is 19.1 Å². The molecule has 4 heteroatoms. The summed E-state index contributed by atoms with van der Waals surface area (Å²) in [5.74, 6) is 0.635. The predicted octanol–water partition coefficient (Wildman–Crippen LogP) is 3.30. The molecule has 2 atom stereocenters. The number of benzene rings is 1. The van der Waals surface area contributed by atoms with Crippen molar-refractivity contribution >= 4 is 5.97 Å². The van der Waals surface area contributed by atoms with E-state index in [1.807, 2.05) is 13.0 Å². The summed E-state index contributed by atoms with van der Waals surface area (Å²) in [4.78, 5) is 10.9. The van der Waals surface area contributed by atoms with Crippen molar-refractivity contribution in [1.29, 1.82) is 0 Å². The molecule has 20 heavy (non-hydrogen) atoms. The summed E-state index contributed by atoms with van der Waals surface area (Å²) in [6.45, 7) is 7.76. The van der Waals surface area contributed by atoms with Crippen molar-refractivity contribution < 1.29 is 19.4 Å². The first-order chi connectivity index (χ1) is 9.47. The molecule has 0 aliphatic heterocycles. The molecule has 110 valence electrons. The Hall–Kier alpha value is -1.97. The van der Waals surface area contributed by atoms with Crippen LogP contribution in [0.2, 0.25) is 0 Å². The molecule has 1 aromatic rings. The van der Waals surface area contributed by atoms with E-state index in [0.717, 1.165) is 6.42 Å². The number of methoxy groups -OCH3 is 1. The Bertz CT molecular complexity index is 468. The Kier molecular flexibility index (Phi) is 6.10. The Labute approximate surface area is 120 Å². The molecule has 0 fully saturated rings. The number of hydrogen-bond donors (Lipinski definition) is 1. The zero-order valence-corrected chi connectivity index (χ0v) is 12.3. The van der Waals surface area contributed by atoms with E-state index >= 15 is 0 Å². The van der Waals surface area contributed by atoms with Crippen molar-refractivity contribution in [3.8, 4) is 11.5 Å². The molecule has 0 heterocycles. The lowest BCUT2D eigenvalue weighted by molar-refractivity contribution is -0.136. The van der Waals surface area contributed by atoms with Gasteiger partial charge in [0.25, 0.3) is 0 Å². The molecule has 0 bridgehead atoms. The van der Waals surface area contributed by atoms with Gasteiger partial charge >= 0.3 is 5.97 Å². The third kappa shape index (κ3) is 4.61. The molecule has 1 N–H and O–H groups in total. The van der Waals surface area contributed by atoms with Gasteiger partial charge in [0.1, 0.15) is 11.5 Å². The van der Waals surface area contributed by atoms with Crippen molar-refractivity contribution in [2.45, 2.75) is 32.8 Å². The molecule has 1 aromatic carbocycles. The first-order valence-electron chi connectivity index (χ1n) is 6.64. The number of allylic oxidation sites excluding steroid dienone is 1. The van der Waals surface area contributed by atoms with Gasteiger partial charge in [0, 0.05) is 11.6 Å². The van der Waals surface area contributed by atoms with Crippen molar-refractivity contribution in [2.24, 2.45) is 5.92 Å². The monoisotopic (exact) mass is 278 g/mol. The number of aliphatic carboxylic acids is 1. The molecular formula is C16H22O4. The Morgan fingerprint density at radius 1 is 1.45 bits per heavy atom. The smallest absolute Gasteiger partial charge is 0.307 e. The number of ether oxygens (including phenoxy) is 2. The van der Waals surface area contributed by atoms with E-state index < -0.39 is 5.97 Å². The maximum Gasteiger partial charge on any atom is 0.307 e. The summed E-state index contributed by atoms with van der Waals surface area (Å²) >= 11 is 0. The molecule has 0 amide bonds. The summed E-state index contributed by atoms with van der Waals surface area (Å²) in [5, 5.41) is 8.95. The largest absolute Gasteiger partial charge is 0.497 e. The lowest BCUT2D eigenvalue weighted by atomic mass is 10.0. The molecule has 1 rings (SSSR count). The second kappa shape index (κ2) is 7.58. The van der Waals surface area contributed by atoms with Gasteiger partial charge in [-0.05, 0) is 25.3 Å². The zero-order valence-electron chi connectivity index (χ0n) is 12.3. The van der Waals surface area contributed by atoms with Crippen LogP contribution in [0.25, 0.3) is 0 Å². The predicted molar refractivity (Wildman–Crippen MR) is 78.4 cm³/mol. The highest BCUT2D eigenvalue weighted by atomic mass is 16.5. The number of carbonyl (C=O) groups is 1. The van der Waals surface area contributed by atoms with Crippen LogP contribution in [-0.4, -0.2) is 24.3 Å². The first kappa shape index (κ1) is 16.1. The maximum atomic E-state index is 10.9. The molecule has 0 aromatic heterocycles. The number of rotatable bonds is 8. The molecule has 0 saturated carbocycles.